The topological polar surface area (TPSA) is 75.3 Å². The Morgan fingerprint density at radius 3 is 2.32 bits per heavy atom. The molecule has 0 aliphatic carbocycles. The molecule has 0 bridgehead atoms. The molecule has 1 aromatic heterocycles. The number of aromatic nitrogens is 2. The lowest BCUT2D eigenvalue weighted by Gasteiger charge is -2.21. The first-order chi connectivity index (χ1) is 9.33. The molecule has 0 radical (unpaired) electrons. The Bertz CT molecular complexity index is 487. The number of benzene rings is 1. The van der Waals surface area contributed by atoms with Crippen molar-refractivity contribution < 1.29 is 5.11 Å². The molecule has 0 saturated carbocycles. The molecule has 0 amide bonds. The summed E-state index contributed by atoms with van der Waals surface area (Å²) in [7, 11) is 0. The van der Waals surface area contributed by atoms with Crippen LogP contribution in [0.4, 0.5) is 5.95 Å². The highest BCUT2D eigenvalue weighted by atomic mass is 16.3. The first kappa shape index (κ1) is 13.5. The van der Waals surface area contributed by atoms with Gasteiger partial charge in [-0.1, -0.05) is 30.3 Å². The van der Waals surface area contributed by atoms with Crippen molar-refractivity contribution in [3.8, 4) is 0 Å². The largest absolute Gasteiger partial charge is 0.395 e. The number of anilines is 1. The molecule has 5 heteroatoms. The highest BCUT2D eigenvalue weighted by Gasteiger charge is 2.09. The quantitative estimate of drug-likeness (QED) is 0.806. The lowest BCUT2D eigenvalue weighted by molar-refractivity contribution is 0.300. The molecule has 0 unspecified atom stereocenters. The predicted octanol–water partition coefficient (Wildman–Crippen LogP) is 0.934. The third kappa shape index (κ3) is 3.74. The summed E-state index contributed by atoms with van der Waals surface area (Å²) in [6, 6.07) is 10.0. The van der Waals surface area contributed by atoms with Gasteiger partial charge in [0.05, 0.1) is 6.61 Å². The molecule has 3 N–H and O–H groups in total. The number of aliphatic hydroxyl groups is 1. The van der Waals surface area contributed by atoms with Gasteiger partial charge < -0.3 is 15.7 Å². The summed E-state index contributed by atoms with van der Waals surface area (Å²) in [6.45, 7) is 1.66. The molecular formula is C14H18N4O. The Morgan fingerprint density at radius 1 is 1.05 bits per heavy atom. The van der Waals surface area contributed by atoms with Crippen molar-refractivity contribution >= 4 is 5.95 Å². The van der Waals surface area contributed by atoms with Gasteiger partial charge in [0, 0.05) is 37.6 Å². The predicted molar refractivity (Wildman–Crippen MR) is 74.5 cm³/mol. The van der Waals surface area contributed by atoms with E-state index in [1.165, 1.54) is 0 Å². The standard InChI is InChI=1S/C14H18N4O/c15-8-13-9-16-14(17-10-13)18(6-7-19)11-12-4-2-1-3-5-12/h1-5,9-10,19H,6-8,11,15H2. The molecule has 1 heterocycles. The van der Waals surface area contributed by atoms with E-state index in [-0.39, 0.29) is 6.61 Å². The van der Waals surface area contributed by atoms with Crippen LogP contribution in [0.2, 0.25) is 0 Å². The first-order valence-corrected chi connectivity index (χ1v) is 6.24. The highest BCUT2D eigenvalue weighted by molar-refractivity contribution is 5.32. The minimum absolute atomic E-state index is 0.0643. The number of aliphatic hydroxyl groups excluding tert-OH is 1. The molecule has 5 nitrogen and oxygen atoms in total. The van der Waals surface area contributed by atoms with Crippen molar-refractivity contribution in [3.05, 3.63) is 53.9 Å². The Labute approximate surface area is 112 Å². The number of hydrogen-bond acceptors (Lipinski definition) is 5. The summed E-state index contributed by atoms with van der Waals surface area (Å²) in [5.41, 5.74) is 7.58. The van der Waals surface area contributed by atoms with E-state index in [2.05, 4.69) is 9.97 Å². The molecule has 19 heavy (non-hydrogen) atoms. The molecule has 0 aliphatic rings. The second-order valence-corrected chi connectivity index (χ2v) is 4.23. The Morgan fingerprint density at radius 2 is 1.74 bits per heavy atom. The zero-order valence-corrected chi connectivity index (χ0v) is 10.7. The summed E-state index contributed by atoms with van der Waals surface area (Å²) >= 11 is 0. The lowest BCUT2D eigenvalue weighted by Crippen LogP contribution is -2.28. The number of nitrogens with zero attached hydrogens (tertiary/aromatic N) is 3. The van der Waals surface area contributed by atoms with E-state index in [1.807, 2.05) is 35.2 Å². The van der Waals surface area contributed by atoms with Gasteiger partial charge in [-0.05, 0) is 5.56 Å². The maximum Gasteiger partial charge on any atom is 0.225 e. The monoisotopic (exact) mass is 258 g/mol. The number of nitrogens with two attached hydrogens (primary N) is 1. The van der Waals surface area contributed by atoms with Gasteiger partial charge in [-0.25, -0.2) is 9.97 Å². The summed E-state index contributed by atoms with van der Waals surface area (Å²) in [5.74, 6) is 0.607. The summed E-state index contributed by atoms with van der Waals surface area (Å²) in [5, 5.41) is 9.16. The number of hydrogen-bond donors (Lipinski definition) is 2. The SMILES string of the molecule is NCc1cnc(N(CCO)Cc2ccccc2)nc1. The fourth-order valence-electron chi connectivity index (χ4n) is 1.79. The second kappa shape index (κ2) is 6.82. The molecule has 2 rings (SSSR count). The van der Waals surface area contributed by atoms with E-state index >= 15 is 0 Å². The molecule has 0 saturated heterocycles. The van der Waals surface area contributed by atoms with Gasteiger partial charge in [0.1, 0.15) is 0 Å². The van der Waals surface area contributed by atoms with Crippen molar-refractivity contribution in [2.75, 3.05) is 18.1 Å². The van der Waals surface area contributed by atoms with Crippen LogP contribution in [0.3, 0.4) is 0 Å². The third-order valence-electron chi connectivity index (χ3n) is 2.80. The average molecular weight is 258 g/mol. The molecule has 0 spiro atoms. The van der Waals surface area contributed by atoms with E-state index in [4.69, 9.17) is 10.8 Å². The van der Waals surface area contributed by atoms with Crippen LogP contribution in [0.5, 0.6) is 0 Å². The van der Waals surface area contributed by atoms with Crippen LogP contribution in [-0.4, -0.2) is 28.2 Å². The molecule has 2 aromatic rings. The van der Waals surface area contributed by atoms with Gasteiger partial charge in [0.15, 0.2) is 0 Å². The van der Waals surface area contributed by atoms with Gasteiger partial charge in [-0.2, -0.15) is 0 Å². The maximum atomic E-state index is 9.16. The molecule has 1 aromatic carbocycles. The minimum atomic E-state index is 0.0643. The van der Waals surface area contributed by atoms with Gasteiger partial charge in [0.2, 0.25) is 5.95 Å². The Kier molecular flexibility index (Phi) is 4.83. The zero-order chi connectivity index (χ0) is 13.5. The Balaban J connectivity index is 2.14. The van der Waals surface area contributed by atoms with Crippen LogP contribution in [-0.2, 0) is 13.1 Å². The van der Waals surface area contributed by atoms with E-state index in [1.54, 1.807) is 12.4 Å². The minimum Gasteiger partial charge on any atom is -0.395 e. The van der Waals surface area contributed by atoms with E-state index in [0.29, 0.717) is 25.6 Å². The average Bonchev–Trinajstić information content (AvgIpc) is 2.48. The number of rotatable bonds is 6. The van der Waals surface area contributed by atoms with E-state index in [0.717, 1.165) is 11.1 Å². The molecule has 0 aliphatic heterocycles. The van der Waals surface area contributed by atoms with E-state index < -0.39 is 0 Å². The summed E-state index contributed by atoms with van der Waals surface area (Å²) in [6.07, 6.45) is 3.44. The van der Waals surface area contributed by atoms with Gasteiger partial charge in [0.25, 0.3) is 0 Å². The summed E-state index contributed by atoms with van der Waals surface area (Å²) < 4.78 is 0. The zero-order valence-electron chi connectivity index (χ0n) is 10.7. The molecule has 0 atom stereocenters. The first-order valence-electron chi connectivity index (χ1n) is 6.24. The van der Waals surface area contributed by atoms with Gasteiger partial charge >= 0.3 is 0 Å². The highest BCUT2D eigenvalue weighted by Crippen LogP contribution is 2.11. The van der Waals surface area contributed by atoms with Crippen molar-refractivity contribution in [2.24, 2.45) is 5.73 Å². The normalized spacial score (nSPS) is 10.4. The smallest absolute Gasteiger partial charge is 0.225 e. The maximum absolute atomic E-state index is 9.16. The van der Waals surface area contributed by atoms with Gasteiger partial charge in [-0.15, -0.1) is 0 Å². The van der Waals surface area contributed by atoms with Crippen LogP contribution in [0.25, 0.3) is 0 Å². The van der Waals surface area contributed by atoms with Crippen molar-refractivity contribution in [1.82, 2.24) is 9.97 Å². The van der Waals surface area contributed by atoms with Crippen LogP contribution >= 0.6 is 0 Å². The molecule has 100 valence electrons. The molecular weight excluding hydrogens is 240 g/mol. The Hall–Kier alpha value is -1.98. The van der Waals surface area contributed by atoms with Crippen LogP contribution in [0.1, 0.15) is 11.1 Å². The van der Waals surface area contributed by atoms with Crippen molar-refractivity contribution in [2.45, 2.75) is 13.1 Å². The van der Waals surface area contributed by atoms with Crippen LogP contribution in [0.15, 0.2) is 42.7 Å². The fourth-order valence-corrected chi connectivity index (χ4v) is 1.79. The fraction of sp³-hybridized carbons (Fsp3) is 0.286. The van der Waals surface area contributed by atoms with E-state index in [9.17, 15) is 0 Å². The summed E-state index contributed by atoms with van der Waals surface area (Å²) in [4.78, 5) is 10.5. The third-order valence-corrected chi connectivity index (χ3v) is 2.80. The second-order valence-electron chi connectivity index (χ2n) is 4.23. The van der Waals surface area contributed by atoms with Crippen molar-refractivity contribution in [3.63, 3.8) is 0 Å². The van der Waals surface area contributed by atoms with Gasteiger partial charge in [-0.3, -0.25) is 0 Å². The van der Waals surface area contributed by atoms with Crippen LogP contribution < -0.4 is 10.6 Å². The lowest BCUT2D eigenvalue weighted by atomic mass is 10.2. The molecule has 0 fully saturated rings. The van der Waals surface area contributed by atoms with Crippen LogP contribution in [0, 0.1) is 0 Å². The van der Waals surface area contributed by atoms with Crippen molar-refractivity contribution in [1.29, 1.82) is 0 Å².